The minimum atomic E-state index is 0.757. The lowest BCUT2D eigenvalue weighted by atomic mass is 9.81. The molecule has 1 heteroatoms. The lowest BCUT2D eigenvalue weighted by Crippen LogP contribution is -2.38. The molecule has 0 aromatic heterocycles. The summed E-state index contributed by atoms with van der Waals surface area (Å²) in [6, 6.07) is 0.757. The molecule has 0 aromatic carbocycles. The Kier molecular flexibility index (Phi) is 5.34. The van der Waals surface area contributed by atoms with Crippen LogP contribution < -0.4 is 5.32 Å². The Bertz CT molecular complexity index is 208. The van der Waals surface area contributed by atoms with Gasteiger partial charge in [0.1, 0.15) is 0 Å². The third-order valence-corrected chi connectivity index (χ3v) is 5.13. The molecule has 0 saturated heterocycles. The molecule has 0 amide bonds. The molecule has 0 heterocycles. The smallest absolute Gasteiger partial charge is 0.00671 e. The Labute approximate surface area is 108 Å². The monoisotopic (exact) mass is 237 g/mol. The van der Waals surface area contributed by atoms with Crippen molar-refractivity contribution in [3.63, 3.8) is 0 Å². The van der Waals surface area contributed by atoms with Crippen molar-refractivity contribution in [2.45, 2.75) is 77.7 Å². The molecule has 1 N–H and O–H groups in total. The van der Waals surface area contributed by atoms with Gasteiger partial charge in [-0.1, -0.05) is 39.0 Å². The van der Waals surface area contributed by atoms with Crippen molar-refractivity contribution < 1.29 is 0 Å². The van der Waals surface area contributed by atoms with Gasteiger partial charge in [-0.2, -0.15) is 0 Å². The summed E-state index contributed by atoms with van der Waals surface area (Å²) in [7, 11) is 0. The standard InChI is InChI=1S/C16H31N/c1-13-7-6-8-15(11-13)12-17-14(2)16-9-4-3-5-10-16/h13-17H,3-12H2,1-2H3. The first-order valence-electron chi connectivity index (χ1n) is 7.99. The fourth-order valence-electron chi connectivity index (χ4n) is 3.90. The van der Waals surface area contributed by atoms with Gasteiger partial charge in [0.05, 0.1) is 0 Å². The summed E-state index contributed by atoms with van der Waals surface area (Å²) in [5.74, 6) is 2.90. The van der Waals surface area contributed by atoms with E-state index in [1.165, 1.54) is 64.3 Å². The van der Waals surface area contributed by atoms with E-state index in [2.05, 4.69) is 19.2 Å². The highest BCUT2D eigenvalue weighted by Crippen LogP contribution is 2.29. The van der Waals surface area contributed by atoms with Gasteiger partial charge in [-0.3, -0.25) is 0 Å². The first-order chi connectivity index (χ1) is 8.25. The van der Waals surface area contributed by atoms with E-state index in [4.69, 9.17) is 0 Å². The van der Waals surface area contributed by atoms with Crippen LogP contribution in [0, 0.1) is 17.8 Å². The lowest BCUT2D eigenvalue weighted by molar-refractivity contribution is 0.236. The summed E-state index contributed by atoms with van der Waals surface area (Å²) < 4.78 is 0. The Morgan fingerprint density at radius 3 is 2.47 bits per heavy atom. The van der Waals surface area contributed by atoms with E-state index in [0.717, 1.165) is 23.8 Å². The third-order valence-electron chi connectivity index (χ3n) is 5.13. The molecule has 2 fully saturated rings. The molecule has 0 bridgehead atoms. The maximum Gasteiger partial charge on any atom is 0.00671 e. The average molecular weight is 237 g/mol. The Morgan fingerprint density at radius 1 is 1.00 bits per heavy atom. The van der Waals surface area contributed by atoms with Gasteiger partial charge in [0.2, 0.25) is 0 Å². The van der Waals surface area contributed by atoms with E-state index in [1.54, 1.807) is 0 Å². The second-order valence-electron chi connectivity index (χ2n) is 6.73. The number of rotatable bonds is 4. The maximum atomic E-state index is 3.84. The zero-order valence-corrected chi connectivity index (χ0v) is 11.9. The highest BCUT2D eigenvalue weighted by Gasteiger charge is 2.22. The third kappa shape index (κ3) is 4.28. The molecule has 0 aliphatic heterocycles. The second-order valence-corrected chi connectivity index (χ2v) is 6.73. The van der Waals surface area contributed by atoms with Crippen molar-refractivity contribution in [2.24, 2.45) is 17.8 Å². The van der Waals surface area contributed by atoms with E-state index in [9.17, 15) is 0 Å². The second kappa shape index (κ2) is 6.78. The highest BCUT2D eigenvalue weighted by molar-refractivity contribution is 4.78. The summed E-state index contributed by atoms with van der Waals surface area (Å²) in [5, 5.41) is 3.84. The summed E-state index contributed by atoms with van der Waals surface area (Å²) >= 11 is 0. The summed E-state index contributed by atoms with van der Waals surface area (Å²) in [5.41, 5.74) is 0. The molecule has 2 rings (SSSR count). The summed E-state index contributed by atoms with van der Waals surface area (Å²) in [6.45, 7) is 6.13. The zero-order valence-electron chi connectivity index (χ0n) is 11.9. The van der Waals surface area contributed by atoms with E-state index >= 15 is 0 Å². The molecular formula is C16H31N. The zero-order chi connectivity index (χ0) is 12.1. The van der Waals surface area contributed by atoms with Crippen molar-refractivity contribution in [1.29, 1.82) is 0 Å². The fraction of sp³-hybridized carbons (Fsp3) is 1.00. The van der Waals surface area contributed by atoms with Gasteiger partial charge in [-0.15, -0.1) is 0 Å². The van der Waals surface area contributed by atoms with Crippen LogP contribution in [0.1, 0.15) is 71.6 Å². The van der Waals surface area contributed by atoms with Gasteiger partial charge < -0.3 is 5.32 Å². The van der Waals surface area contributed by atoms with Crippen molar-refractivity contribution in [3.8, 4) is 0 Å². The van der Waals surface area contributed by atoms with Gasteiger partial charge in [-0.05, 0) is 56.9 Å². The first-order valence-corrected chi connectivity index (χ1v) is 7.99. The van der Waals surface area contributed by atoms with Crippen LogP contribution >= 0.6 is 0 Å². The lowest BCUT2D eigenvalue weighted by Gasteiger charge is -2.32. The minimum Gasteiger partial charge on any atom is -0.314 e. The summed E-state index contributed by atoms with van der Waals surface area (Å²) in [6.07, 6.45) is 13.2. The van der Waals surface area contributed by atoms with E-state index < -0.39 is 0 Å². The SMILES string of the molecule is CC1CCCC(CNC(C)C2CCCCC2)C1. The van der Waals surface area contributed by atoms with Crippen LogP contribution in [0.2, 0.25) is 0 Å². The first kappa shape index (κ1) is 13.4. The van der Waals surface area contributed by atoms with Gasteiger partial charge in [0.15, 0.2) is 0 Å². The Morgan fingerprint density at radius 2 is 1.76 bits per heavy atom. The molecule has 0 aromatic rings. The minimum absolute atomic E-state index is 0.757. The molecule has 2 saturated carbocycles. The van der Waals surface area contributed by atoms with Gasteiger partial charge in [0, 0.05) is 6.04 Å². The molecule has 2 aliphatic rings. The molecular weight excluding hydrogens is 206 g/mol. The van der Waals surface area contributed by atoms with Crippen LogP contribution in [0.4, 0.5) is 0 Å². The van der Waals surface area contributed by atoms with Gasteiger partial charge >= 0.3 is 0 Å². The largest absolute Gasteiger partial charge is 0.314 e. The molecule has 2 aliphatic carbocycles. The maximum absolute atomic E-state index is 3.84. The van der Waals surface area contributed by atoms with Gasteiger partial charge in [0.25, 0.3) is 0 Å². The normalized spacial score (nSPS) is 33.5. The van der Waals surface area contributed by atoms with Crippen LogP contribution in [-0.4, -0.2) is 12.6 Å². The van der Waals surface area contributed by atoms with Crippen molar-refractivity contribution in [2.75, 3.05) is 6.54 Å². The number of hydrogen-bond donors (Lipinski definition) is 1. The van der Waals surface area contributed by atoms with Crippen molar-refractivity contribution in [3.05, 3.63) is 0 Å². The van der Waals surface area contributed by atoms with Crippen molar-refractivity contribution in [1.82, 2.24) is 5.32 Å². The fourth-order valence-corrected chi connectivity index (χ4v) is 3.90. The molecule has 17 heavy (non-hydrogen) atoms. The highest BCUT2D eigenvalue weighted by atomic mass is 14.9. The van der Waals surface area contributed by atoms with Crippen LogP contribution in [0.15, 0.2) is 0 Å². The van der Waals surface area contributed by atoms with Crippen LogP contribution in [0.25, 0.3) is 0 Å². The van der Waals surface area contributed by atoms with Crippen molar-refractivity contribution >= 4 is 0 Å². The topological polar surface area (TPSA) is 12.0 Å². The predicted molar refractivity (Wildman–Crippen MR) is 75.2 cm³/mol. The van der Waals surface area contributed by atoms with Crippen LogP contribution in [0.5, 0.6) is 0 Å². The summed E-state index contributed by atoms with van der Waals surface area (Å²) in [4.78, 5) is 0. The number of hydrogen-bond acceptors (Lipinski definition) is 1. The molecule has 3 atom stereocenters. The van der Waals surface area contributed by atoms with E-state index in [1.807, 2.05) is 0 Å². The average Bonchev–Trinajstić information content (AvgIpc) is 2.37. The Balaban J connectivity index is 1.66. The molecule has 1 nitrogen and oxygen atoms in total. The predicted octanol–water partition coefficient (Wildman–Crippen LogP) is 4.37. The molecule has 3 unspecified atom stereocenters. The van der Waals surface area contributed by atoms with E-state index in [0.29, 0.717) is 0 Å². The molecule has 0 radical (unpaired) electrons. The van der Waals surface area contributed by atoms with E-state index in [-0.39, 0.29) is 0 Å². The quantitative estimate of drug-likeness (QED) is 0.765. The van der Waals surface area contributed by atoms with Crippen LogP contribution in [0.3, 0.4) is 0 Å². The molecule has 100 valence electrons. The van der Waals surface area contributed by atoms with Gasteiger partial charge in [-0.25, -0.2) is 0 Å². The Hall–Kier alpha value is -0.0400. The number of nitrogens with one attached hydrogen (secondary N) is 1. The molecule has 0 spiro atoms. The van der Waals surface area contributed by atoms with Crippen LogP contribution in [-0.2, 0) is 0 Å².